The molecule has 2 rings (SSSR count). The summed E-state index contributed by atoms with van der Waals surface area (Å²) < 4.78 is 40.2. The van der Waals surface area contributed by atoms with Crippen molar-refractivity contribution >= 4 is 31.9 Å². The lowest BCUT2D eigenvalue weighted by Crippen LogP contribution is -2.52. The van der Waals surface area contributed by atoms with Gasteiger partial charge in [-0.05, 0) is 83.3 Å². The monoisotopic (exact) mass is 546 g/mol. The number of nitrogens with zero attached hydrogens (tertiary/aromatic N) is 2. The van der Waals surface area contributed by atoms with Crippen LogP contribution in [0, 0.1) is 0 Å². The largest absolute Gasteiger partial charge is 0.465 e. The number of carbonyl (C=O) groups is 1. The van der Waals surface area contributed by atoms with Gasteiger partial charge < -0.3 is 9.47 Å². The summed E-state index contributed by atoms with van der Waals surface area (Å²) in [5.74, 6) is -0.187. The molecule has 0 saturated heterocycles. The maximum absolute atomic E-state index is 13.3. The molecule has 0 atom stereocenters. The lowest BCUT2D eigenvalue weighted by molar-refractivity contribution is -0.144. The van der Waals surface area contributed by atoms with Crippen LogP contribution in [-0.2, 0) is 24.3 Å². The number of hydrogen-bond donors (Lipinski definition) is 0. The van der Waals surface area contributed by atoms with E-state index in [1.807, 2.05) is 18.9 Å². The van der Waals surface area contributed by atoms with Gasteiger partial charge in [0.05, 0.1) is 18.0 Å². The Morgan fingerprint density at radius 2 is 1.67 bits per heavy atom. The fourth-order valence-corrected chi connectivity index (χ4v) is 5.98. The lowest BCUT2D eigenvalue weighted by atomic mass is 9.91. The molecule has 0 bridgehead atoms. The highest BCUT2D eigenvalue weighted by Crippen LogP contribution is 2.37. The molecule has 1 aliphatic carbocycles. The number of carbonyl (C=O) groups excluding carboxylic acids is 1. The van der Waals surface area contributed by atoms with E-state index in [9.17, 15) is 13.2 Å². The SMILES string of the molecule is CCOC(=O)CN(C)CCCCCCOC1(N(C)S(=O)(=O)c2ccc(Br)cc2)CCCCC1. The summed E-state index contributed by atoms with van der Waals surface area (Å²) in [6.07, 6.45) is 8.41. The molecule has 0 heterocycles. The quantitative estimate of drug-likeness (QED) is 0.189. The summed E-state index contributed by atoms with van der Waals surface area (Å²) in [4.78, 5) is 13.8. The Balaban J connectivity index is 1.83. The van der Waals surface area contributed by atoms with Crippen molar-refractivity contribution in [2.24, 2.45) is 0 Å². The van der Waals surface area contributed by atoms with Crippen molar-refractivity contribution in [1.82, 2.24) is 9.21 Å². The molecular formula is C24H39BrN2O5S. The average Bonchev–Trinajstić information content (AvgIpc) is 2.79. The van der Waals surface area contributed by atoms with Gasteiger partial charge in [0.15, 0.2) is 0 Å². The van der Waals surface area contributed by atoms with Gasteiger partial charge in [-0.1, -0.05) is 35.2 Å². The van der Waals surface area contributed by atoms with Gasteiger partial charge in [-0.15, -0.1) is 0 Å². The molecule has 1 aromatic rings. The van der Waals surface area contributed by atoms with E-state index >= 15 is 0 Å². The topological polar surface area (TPSA) is 76.2 Å². The third kappa shape index (κ3) is 8.62. The molecule has 0 radical (unpaired) electrons. The maximum Gasteiger partial charge on any atom is 0.320 e. The molecule has 188 valence electrons. The second kappa shape index (κ2) is 13.8. The number of hydrogen-bond acceptors (Lipinski definition) is 6. The molecule has 7 nitrogen and oxygen atoms in total. The third-order valence-electron chi connectivity index (χ3n) is 6.19. The first-order valence-corrected chi connectivity index (χ1v) is 14.2. The van der Waals surface area contributed by atoms with Gasteiger partial charge in [-0.3, -0.25) is 9.69 Å². The molecule has 0 unspecified atom stereocenters. The van der Waals surface area contributed by atoms with Crippen molar-refractivity contribution < 1.29 is 22.7 Å². The van der Waals surface area contributed by atoms with Crippen molar-refractivity contribution in [3.63, 3.8) is 0 Å². The molecule has 1 aromatic carbocycles. The van der Waals surface area contributed by atoms with Crippen LogP contribution >= 0.6 is 15.9 Å². The van der Waals surface area contributed by atoms with Crippen molar-refractivity contribution in [3.05, 3.63) is 28.7 Å². The zero-order valence-electron chi connectivity index (χ0n) is 20.2. The number of unbranched alkanes of at least 4 members (excludes halogenated alkanes) is 3. The minimum absolute atomic E-state index is 0.187. The van der Waals surface area contributed by atoms with E-state index < -0.39 is 15.7 Å². The van der Waals surface area contributed by atoms with E-state index in [0.29, 0.717) is 19.8 Å². The first-order chi connectivity index (χ1) is 15.7. The van der Waals surface area contributed by atoms with Gasteiger partial charge in [0.25, 0.3) is 0 Å². The molecular weight excluding hydrogens is 508 g/mol. The number of rotatable bonds is 14. The van der Waals surface area contributed by atoms with Gasteiger partial charge in [0, 0.05) is 18.1 Å². The van der Waals surface area contributed by atoms with E-state index in [0.717, 1.165) is 68.8 Å². The summed E-state index contributed by atoms with van der Waals surface area (Å²) in [7, 11) is -0.0647. The Bertz CT molecular complexity index is 826. The number of sulfonamides is 1. The van der Waals surface area contributed by atoms with Crippen LogP contribution < -0.4 is 0 Å². The second-order valence-corrected chi connectivity index (χ2v) is 11.6. The van der Waals surface area contributed by atoms with Gasteiger partial charge in [0.1, 0.15) is 5.72 Å². The minimum Gasteiger partial charge on any atom is -0.465 e. The fourth-order valence-electron chi connectivity index (χ4n) is 4.24. The molecule has 33 heavy (non-hydrogen) atoms. The molecule has 0 amide bonds. The predicted molar refractivity (Wildman–Crippen MR) is 133 cm³/mol. The molecule has 0 aromatic heterocycles. The number of halogens is 1. The summed E-state index contributed by atoms with van der Waals surface area (Å²) in [6, 6.07) is 6.76. The third-order valence-corrected chi connectivity index (χ3v) is 8.64. The van der Waals surface area contributed by atoms with Crippen LogP contribution in [0.3, 0.4) is 0 Å². The first-order valence-electron chi connectivity index (χ1n) is 11.9. The van der Waals surface area contributed by atoms with Crippen LogP contribution in [0.15, 0.2) is 33.6 Å². The van der Waals surface area contributed by atoms with Crippen LogP contribution in [0.5, 0.6) is 0 Å². The zero-order chi connectivity index (χ0) is 24.3. The van der Waals surface area contributed by atoms with Crippen LogP contribution in [0.1, 0.15) is 64.7 Å². The standard InChI is InChI=1S/C24H39BrN2O5S/c1-4-31-23(28)20-26(2)18-10-5-6-11-19-32-24(16-8-7-9-17-24)27(3)33(29,30)22-14-12-21(25)13-15-22/h12-15H,4-11,16-20H2,1-3H3. The van der Waals surface area contributed by atoms with Crippen LogP contribution in [-0.4, -0.2) is 69.7 Å². The van der Waals surface area contributed by atoms with Gasteiger partial charge in [-0.25, -0.2) is 8.42 Å². The highest BCUT2D eigenvalue weighted by molar-refractivity contribution is 9.10. The number of ether oxygens (including phenoxy) is 2. The summed E-state index contributed by atoms with van der Waals surface area (Å²) in [6.45, 7) is 3.93. The van der Waals surface area contributed by atoms with E-state index in [4.69, 9.17) is 9.47 Å². The average molecular weight is 548 g/mol. The number of esters is 1. The molecule has 0 spiro atoms. The summed E-state index contributed by atoms with van der Waals surface area (Å²) >= 11 is 3.36. The summed E-state index contributed by atoms with van der Waals surface area (Å²) in [5, 5.41) is 0. The Morgan fingerprint density at radius 3 is 2.30 bits per heavy atom. The second-order valence-electron chi connectivity index (χ2n) is 8.74. The first kappa shape index (κ1) is 28.2. The van der Waals surface area contributed by atoms with E-state index in [-0.39, 0.29) is 10.9 Å². The van der Waals surface area contributed by atoms with E-state index in [1.165, 1.54) is 4.31 Å². The normalized spacial score (nSPS) is 16.3. The van der Waals surface area contributed by atoms with E-state index in [2.05, 4.69) is 15.9 Å². The van der Waals surface area contributed by atoms with Gasteiger partial charge in [0.2, 0.25) is 10.0 Å². The summed E-state index contributed by atoms with van der Waals surface area (Å²) in [5.41, 5.74) is -0.774. The molecule has 0 N–H and O–H groups in total. The van der Waals surface area contributed by atoms with Crippen molar-refractivity contribution in [1.29, 1.82) is 0 Å². The number of benzene rings is 1. The molecule has 1 aliphatic rings. The highest BCUT2D eigenvalue weighted by atomic mass is 79.9. The van der Waals surface area contributed by atoms with E-state index in [1.54, 1.807) is 31.3 Å². The highest BCUT2D eigenvalue weighted by Gasteiger charge is 2.43. The lowest BCUT2D eigenvalue weighted by Gasteiger charge is -2.43. The van der Waals surface area contributed by atoms with Crippen LogP contribution in [0.2, 0.25) is 0 Å². The Labute approximate surface area is 208 Å². The smallest absolute Gasteiger partial charge is 0.320 e. The minimum atomic E-state index is -3.64. The Hall–Kier alpha value is -1.00. The Kier molecular flexibility index (Phi) is 11.8. The predicted octanol–water partition coefficient (Wildman–Crippen LogP) is 4.80. The van der Waals surface area contributed by atoms with Crippen LogP contribution in [0.4, 0.5) is 0 Å². The van der Waals surface area contributed by atoms with Crippen molar-refractivity contribution in [3.8, 4) is 0 Å². The maximum atomic E-state index is 13.3. The van der Waals surface area contributed by atoms with Crippen molar-refractivity contribution in [2.45, 2.75) is 75.3 Å². The fraction of sp³-hybridized carbons (Fsp3) is 0.708. The molecule has 1 fully saturated rings. The van der Waals surface area contributed by atoms with Gasteiger partial charge in [-0.2, -0.15) is 4.31 Å². The number of likely N-dealkylation sites (N-methyl/N-ethyl adjacent to an activating group) is 1. The molecule has 0 aliphatic heterocycles. The Morgan fingerprint density at radius 1 is 1.03 bits per heavy atom. The van der Waals surface area contributed by atoms with Gasteiger partial charge >= 0.3 is 5.97 Å². The van der Waals surface area contributed by atoms with Crippen molar-refractivity contribution in [2.75, 3.05) is 40.4 Å². The molecule has 9 heteroatoms. The molecule has 1 saturated carbocycles. The zero-order valence-corrected chi connectivity index (χ0v) is 22.6. The van der Waals surface area contributed by atoms with Crippen LogP contribution in [0.25, 0.3) is 0 Å².